The number of hydrogen-bond acceptors (Lipinski definition) is 4. The van der Waals surface area contributed by atoms with Crippen molar-refractivity contribution in [2.45, 2.75) is 19.6 Å². The van der Waals surface area contributed by atoms with Crippen LogP contribution >= 0.6 is 11.3 Å². The van der Waals surface area contributed by atoms with Crippen LogP contribution in [0.5, 0.6) is 5.75 Å². The van der Waals surface area contributed by atoms with Crippen molar-refractivity contribution in [3.63, 3.8) is 0 Å². The van der Waals surface area contributed by atoms with Gasteiger partial charge in [-0.25, -0.2) is 4.98 Å². The van der Waals surface area contributed by atoms with E-state index in [4.69, 9.17) is 4.74 Å². The van der Waals surface area contributed by atoms with Crippen molar-refractivity contribution < 1.29 is 9.84 Å². The number of thiazole rings is 1. The van der Waals surface area contributed by atoms with E-state index in [0.29, 0.717) is 6.61 Å². The van der Waals surface area contributed by atoms with Crippen LogP contribution in [0.3, 0.4) is 0 Å². The quantitative estimate of drug-likeness (QED) is 0.886. The highest BCUT2D eigenvalue weighted by Gasteiger charge is 2.01. The predicted octanol–water partition coefficient (Wildman–Crippen LogP) is 2.78. The molecule has 1 atom stereocenters. The van der Waals surface area contributed by atoms with Crippen molar-refractivity contribution >= 4 is 11.3 Å². The van der Waals surface area contributed by atoms with E-state index in [2.05, 4.69) is 4.98 Å². The molecule has 1 heterocycles. The summed E-state index contributed by atoms with van der Waals surface area (Å²) in [6, 6.07) is 7.44. The Morgan fingerprint density at radius 2 is 2.12 bits per heavy atom. The lowest BCUT2D eigenvalue weighted by Gasteiger charge is -2.07. The van der Waals surface area contributed by atoms with Crippen LogP contribution in [0.15, 0.2) is 35.2 Å². The lowest BCUT2D eigenvalue weighted by atomic mass is 10.1. The molecule has 84 valence electrons. The lowest BCUT2D eigenvalue weighted by Crippen LogP contribution is -1.96. The van der Waals surface area contributed by atoms with Crippen LogP contribution in [0.25, 0.3) is 0 Å². The fraction of sp³-hybridized carbons (Fsp3) is 0.250. The minimum absolute atomic E-state index is 0.437. The van der Waals surface area contributed by atoms with Gasteiger partial charge in [0, 0.05) is 5.38 Å². The second kappa shape index (κ2) is 5.09. The van der Waals surface area contributed by atoms with Crippen molar-refractivity contribution in [1.29, 1.82) is 0 Å². The normalized spacial score (nSPS) is 12.4. The molecule has 1 N–H and O–H groups in total. The first kappa shape index (κ1) is 11.1. The number of nitrogens with zero attached hydrogens (tertiary/aromatic N) is 1. The van der Waals surface area contributed by atoms with Gasteiger partial charge in [0.1, 0.15) is 12.4 Å². The molecule has 0 saturated carbocycles. The molecular weight excluding hydrogens is 222 g/mol. The molecule has 0 unspecified atom stereocenters. The molecule has 0 spiro atoms. The number of aliphatic hydroxyl groups is 1. The van der Waals surface area contributed by atoms with Crippen molar-refractivity contribution in [1.82, 2.24) is 4.98 Å². The summed E-state index contributed by atoms with van der Waals surface area (Å²) in [7, 11) is 0. The zero-order valence-electron chi connectivity index (χ0n) is 8.96. The van der Waals surface area contributed by atoms with Crippen LogP contribution in [0.1, 0.15) is 24.3 Å². The summed E-state index contributed by atoms with van der Waals surface area (Å²) in [5, 5.41) is 11.3. The molecule has 4 heteroatoms. The van der Waals surface area contributed by atoms with Gasteiger partial charge in [-0.3, -0.25) is 0 Å². The second-order valence-corrected chi connectivity index (χ2v) is 4.23. The van der Waals surface area contributed by atoms with Crippen molar-refractivity contribution in [3.8, 4) is 5.75 Å². The zero-order chi connectivity index (χ0) is 11.4. The molecule has 0 saturated heterocycles. The number of aromatic nitrogens is 1. The molecule has 1 aromatic heterocycles. The molecule has 0 amide bonds. The minimum atomic E-state index is -0.437. The molecule has 2 aromatic rings. The molecule has 0 aliphatic heterocycles. The van der Waals surface area contributed by atoms with E-state index in [1.807, 2.05) is 29.6 Å². The summed E-state index contributed by atoms with van der Waals surface area (Å²) < 4.78 is 5.55. The molecule has 3 nitrogen and oxygen atoms in total. The van der Waals surface area contributed by atoms with E-state index in [-0.39, 0.29) is 0 Å². The van der Waals surface area contributed by atoms with Crippen LogP contribution in [0, 0.1) is 0 Å². The molecular formula is C12H13NO2S. The Morgan fingerprint density at radius 3 is 2.69 bits per heavy atom. The van der Waals surface area contributed by atoms with Gasteiger partial charge < -0.3 is 9.84 Å². The maximum absolute atomic E-state index is 9.35. The maximum Gasteiger partial charge on any atom is 0.131 e. The molecule has 0 bridgehead atoms. The molecule has 0 aliphatic rings. The van der Waals surface area contributed by atoms with Gasteiger partial charge in [0.15, 0.2) is 0 Å². The Labute approximate surface area is 98.4 Å². The number of aliphatic hydroxyl groups excluding tert-OH is 1. The Morgan fingerprint density at radius 1 is 1.38 bits per heavy atom. The minimum Gasteiger partial charge on any atom is -0.487 e. The summed E-state index contributed by atoms with van der Waals surface area (Å²) in [5.41, 5.74) is 3.61. The summed E-state index contributed by atoms with van der Waals surface area (Å²) in [4.78, 5) is 4.13. The third-order valence-electron chi connectivity index (χ3n) is 2.23. The van der Waals surface area contributed by atoms with E-state index in [1.165, 1.54) is 0 Å². The highest BCUT2D eigenvalue weighted by Crippen LogP contribution is 2.18. The molecule has 16 heavy (non-hydrogen) atoms. The number of ether oxygens (including phenoxy) is 1. The smallest absolute Gasteiger partial charge is 0.131 e. The first-order chi connectivity index (χ1) is 7.75. The summed E-state index contributed by atoms with van der Waals surface area (Å²) in [6.07, 6.45) is -0.437. The Balaban J connectivity index is 1.95. The van der Waals surface area contributed by atoms with E-state index >= 15 is 0 Å². The van der Waals surface area contributed by atoms with Gasteiger partial charge in [0.05, 0.1) is 17.3 Å². The number of benzene rings is 1. The first-order valence-electron chi connectivity index (χ1n) is 5.03. The highest BCUT2D eigenvalue weighted by molar-refractivity contribution is 7.07. The van der Waals surface area contributed by atoms with Crippen molar-refractivity contribution in [2.75, 3.05) is 0 Å². The van der Waals surface area contributed by atoms with Crippen LogP contribution in [0.2, 0.25) is 0 Å². The van der Waals surface area contributed by atoms with Crippen molar-refractivity contribution in [3.05, 3.63) is 46.4 Å². The van der Waals surface area contributed by atoms with E-state index in [9.17, 15) is 5.11 Å². The lowest BCUT2D eigenvalue weighted by molar-refractivity contribution is 0.199. The first-order valence-corrected chi connectivity index (χ1v) is 5.98. The summed E-state index contributed by atoms with van der Waals surface area (Å²) in [6.45, 7) is 2.22. The standard InChI is InChI=1S/C12H13NO2S/c1-9(14)10-2-4-12(5-3-10)15-6-11-7-16-8-13-11/h2-5,7-9,14H,6H2,1H3/t9-/m1/s1. The number of rotatable bonds is 4. The Hall–Kier alpha value is -1.39. The van der Waals surface area contributed by atoms with Gasteiger partial charge in [-0.2, -0.15) is 0 Å². The van der Waals surface area contributed by atoms with Crippen LogP contribution in [-0.2, 0) is 6.61 Å². The number of hydrogen-bond donors (Lipinski definition) is 1. The van der Waals surface area contributed by atoms with E-state index < -0.39 is 6.10 Å². The summed E-state index contributed by atoms with van der Waals surface area (Å²) in [5.74, 6) is 0.789. The predicted molar refractivity (Wildman–Crippen MR) is 63.5 cm³/mol. The Bertz CT molecular complexity index is 423. The van der Waals surface area contributed by atoms with E-state index in [1.54, 1.807) is 23.8 Å². The summed E-state index contributed by atoms with van der Waals surface area (Å²) >= 11 is 1.56. The van der Waals surface area contributed by atoms with Gasteiger partial charge in [0.2, 0.25) is 0 Å². The molecule has 2 rings (SSSR count). The molecule has 0 radical (unpaired) electrons. The van der Waals surface area contributed by atoms with Gasteiger partial charge in [-0.1, -0.05) is 12.1 Å². The third kappa shape index (κ3) is 2.81. The average molecular weight is 235 g/mol. The Kier molecular flexibility index (Phi) is 3.54. The topological polar surface area (TPSA) is 42.4 Å². The monoisotopic (exact) mass is 235 g/mol. The van der Waals surface area contributed by atoms with E-state index in [0.717, 1.165) is 17.0 Å². The van der Waals surface area contributed by atoms with Gasteiger partial charge >= 0.3 is 0 Å². The van der Waals surface area contributed by atoms with Gasteiger partial charge in [-0.05, 0) is 24.6 Å². The SMILES string of the molecule is C[C@@H](O)c1ccc(OCc2cscn2)cc1. The van der Waals surface area contributed by atoms with Gasteiger partial charge in [0.25, 0.3) is 0 Å². The van der Waals surface area contributed by atoms with Crippen LogP contribution < -0.4 is 4.74 Å². The zero-order valence-corrected chi connectivity index (χ0v) is 9.78. The fourth-order valence-corrected chi connectivity index (χ4v) is 1.85. The fourth-order valence-electron chi connectivity index (χ4n) is 1.31. The average Bonchev–Trinajstić information content (AvgIpc) is 2.80. The van der Waals surface area contributed by atoms with Gasteiger partial charge in [-0.15, -0.1) is 11.3 Å². The van der Waals surface area contributed by atoms with Crippen LogP contribution in [-0.4, -0.2) is 10.1 Å². The largest absolute Gasteiger partial charge is 0.487 e. The third-order valence-corrected chi connectivity index (χ3v) is 2.87. The van der Waals surface area contributed by atoms with Crippen molar-refractivity contribution in [2.24, 2.45) is 0 Å². The molecule has 1 aromatic carbocycles. The highest BCUT2D eigenvalue weighted by atomic mass is 32.1. The second-order valence-electron chi connectivity index (χ2n) is 3.51. The maximum atomic E-state index is 9.35. The van der Waals surface area contributed by atoms with Crippen LogP contribution in [0.4, 0.5) is 0 Å². The molecule has 0 fully saturated rings. The molecule has 0 aliphatic carbocycles.